The summed E-state index contributed by atoms with van der Waals surface area (Å²) in [5, 5.41) is 3.26. The van der Waals surface area contributed by atoms with Crippen molar-refractivity contribution in [2.24, 2.45) is 0 Å². The first-order chi connectivity index (χ1) is 8.40. The molecule has 1 aromatic heterocycles. The van der Waals surface area contributed by atoms with E-state index in [0.29, 0.717) is 0 Å². The van der Waals surface area contributed by atoms with Crippen LogP contribution < -0.4 is 5.32 Å². The number of benzene rings is 1. The molecule has 3 heteroatoms. The third-order valence-electron chi connectivity index (χ3n) is 2.46. The molecule has 0 bridgehead atoms. The van der Waals surface area contributed by atoms with Crippen molar-refractivity contribution in [3.05, 3.63) is 48.5 Å². The molecule has 0 aliphatic carbocycles. The number of imidazole rings is 1. The maximum absolute atomic E-state index is 4.03. The highest BCUT2D eigenvalue weighted by Crippen LogP contribution is 2.08. The van der Waals surface area contributed by atoms with Crippen LogP contribution in [0.15, 0.2) is 43.0 Å². The largest absolute Gasteiger partial charge is 0.306 e. The molecule has 0 radical (unpaired) electrons. The van der Waals surface area contributed by atoms with Crippen LogP contribution in [0.2, 0.25) is 0 Å². The van der Waals surface area contributed by atoms with Crippen LogP contribution in [0, 0.1) is 11.8 Å². The molecule has 1 N–H and O–H groups in total. The molecule has 0 spiro atoms. The maximum Gasteiger partial charge on any atom is 0.0991 e. The van der Waals surface area contributed by atoms with Crippen molar-refractivity contribution < 1.29 is 0 Å². The van der Waals surface area contributed by atoms with Crippen molar-refractivity contribution >= 4 is 0 Å². The Balaban J connectivity index is 1.95. The topological polar surface area (TPSA) is 29.9 Å². The Morgan fingerprint density at radius 1 is 1.29 bits per heavy atom. The van der Waals surface area contributed by atoms with Gasteiger partial charge in [-0.05, 0) is 24.6 Å². The Bertz CT molecular complexity index is 501. The van der Waals surface area contributed by atoms with Gasteiger partial charge >= 0.3 is 0 Å². The Kier molecular flexibility index (Phi) is 3.95. The molecule has 0 aliphatic heterocycles. The van der Waals surface area contributed by atoms with Gasteiger partial charge in [0.2, 0.25) is 0 Å². The molecular formula is C14H15N3. The summed E-state index contributed by atoms with van der Waals surface area (Å²) in [6.07, 6.45) is 5.51. The van der Waals surface area contributed by atoms with E-state index in [0.717, 1.165) is 18.8 Å². The first-order valence-corrected chi connectivity index (χ1v) is 5.58. The SMILES string of the molecule is CC#CCNCc1ccc(-n2ccnc2)cc1. The molecule has 1 heterocycles. The van der Waals surface area contributed by atoms with Crippen molar-refractivity contribution in [1.82, 2.24) is 14.9 Å². The number of aromatic nitrogens is 2. The number of hydrogen-bond acceptors (Lipinski definition) is 2. The number of nitrogens with one attached hydrogen (secondary N) is 1. The van der Waals surface area contributed by atoms with Gasteiger partial charge in [-0.2, -0.15) is 0 Å². The summed E-state index contributed by atoms with van der Waals surface area (Å²) in [5.74, 6) is 5.84. The first kappa shape index (κ1) is 11.4. The van der Waals surface area contributed by atoms with Crippen LogP contribution in [-0.2, 0) is 6.54 Å². The minimum atomic E-state index is 0.736. The van der Waals surface area contributed by atoms with E-state index in [1.165, 1.54) is 5.56 Å². The summed E-state index contributed by atoms with van der Waals surface area (Å²) in [4.78, 5) is 4.03. The van der Waals surface area contributed by atoms with Gasteiger partial charge in [0.1, 0.15) is 0 Å². The molecular weight excluding hydrogens is 210 g/mol. The van der Waals surface area contributed by atoms with Crippen molar-refractivity contribution in [1.29, 1.82) is 0 Å². The molecule has 2 aromatic rings. The monoisotopic (exact) mass is 225 g/mol. The van der Waals surface area contributed by atoms with Gasteiger partial charge in [-0.3, -0.25) is 0 Å². The fraction of sp³-hybridized carbons (Fsp3) is 0.214. The van der Waals surface area contributed by atoms with E-state index >= 15 is 0 Å². The van der Waals surface area contributed by atoms with Crippen LogP contribution in [0.3, 0.4) is 0 Å². The molecule has 3 nitrogen and oxygen atoms in total. The summed E-state index contributed by atoms with van der Waals surface area (Å²) >= 11 is 0. The molecule has 17 heavy (non-hydrogen) atoms. The van der Waals surface area contributed by atoms with E-state index < -0.39 is 0 Å². The molecule has 0 atom stereocenters. The molecule has 0 saturated heterocycles. The normalized spacial score (nSPS) is 9.71. The third kappa shape index (κ3) is 3.20. The van der Waals surface area contributed by atoms with Gasteiger partial charge in [0.25, 0.3) is 0 Å². The minimum Gasteiger partial charge on any atom is -0.306 e. The predicted octanol–water partition coefficient (Wildman–Crippen LogP) is 1.99. The van der Waals surface area contributed by atoms with E-state index in [2.05, 4.69) is 46.4 Å². The number of nitrogens with zero attached hydrogens (tertiary/aromatic N) is 2. The first-order valence-electron chi connectivity index (χ1n) is 5.58. The van der Waals surface area contributed by atoms with Crippen LogP contribution in [0.5, 0.6) is 0 Å². The van der Waals surface area contributed by atoms with E-state index in [4.69, 9.17) is 0 Å². The summed E-state index contributed by atoms with van der Waals surface area (Å²) in [7, 11) is 0. The fourth-order valence-corrected chi connectivity index (χ4v) is 1.56. The van der Waals surface area contributed by atoms with Gasteiger partial charge in [-0.1, -0.05) is 18.1 Å². The predicted molar refractivity (Wildman–Crippen MR) is 68.7 cm³/mol. The van der Waals surface area contributed by atoms with Crippen LogP contribution in [0.1, 0.15) is 12.5 Å². The zero-order chi connectivity index (χ0) is 11.9. The summed E-state index contributed by atoms with van der Waals surface area (Å²) in [6.45, 7) is 3.43. The maximum atomic E-state index is 4.03. The highest BCUT2D eigenvalue weighted by Gasteiger charge is 1.95. The lowest BCUT2D eigenvalue weighted by molar-refractivity contribution is 0.769. The Morgan fingerprint density at radius 3 is 2.76 bits per heavy atom. The highest BCUT2D eigenvalue weighted by molar-refractivity contribution is 5.34. The van der Waals surface area contributed by atoms with Gasteiger partial charge in [0.15, 0.2) is 0 Å². The molecule has 2 rings (SSSR count). The molecule has 1 aromatic carbocycles. The zero-order valence-electron chi connectivity index (χ0n) is 9.85. The second-order valence-corrected chi connectivity index (χ2v) is 3.67. The van der Waals surface area contributed by atoms with Gasteiger partial charge < -0.3 is 9.88 Å². The van der Waals surface area contributed by atoms with E-state index in [9.17, 15) is 0 Å². The van der Waals surface area contributed by atoms with Gasteiger partial charge in [0, 0.05) is 24.6 Å². The summed E-state index contributed by atoms with van der Waals surface area (Å²) in [6, 6.07) is 8.40. The second kappa shape index (κ2) is 5.88. The number of hydrogen-bond donors (Lipinski definition) is 1. The Labute approximate surface area is 102 Å². The van der Waals surface area contributed by atoms with Crippen LogP contribution in [0.25, 0.3) is 5.69 Å². The molecule has 0 amide bonds. The quantitative estimate of drug-likeness (QED) is 0.637. The summed E-state index contributed by atoms with van der Waals surface area (Å²) < 4.78 is 1.99. The van der Waals surface area contributed by atoms with Gasteiger partial charge in [-0.15, -0.1) is 5.92 Å². The average molecular weight is 225 g/mol. The van der Waals surface area contributed by atoms with Crippen LogP contribution >= 0.6 is 0 Å². The Morgan fingerprint density at radius 2 is 2.12 bits per heavy atom. The molecule has 86 valence electrons. The zero-order valence-corrected chi connectivity index (χ0v) is 9.85. The highest BCUT2D eigenvalue weighted by atomic mass is 15.0. The van der Waals surface area contributed by atoms with E-state index in [1.54, 1.807) is 12.5 Å². The average Bonchev–Trinajstić information content (AvgIpc) is 2.89. The lowest BCUT2D eigenvalue weighted by Crippen LogP contribution is -2.13. The molecule has 0 fully saturated rings. The van der Waals surface area contributed by atoms with Crippen molar-refractivity contribution in [2.45, 2.75) is 13.5 Å². The fourth-order valence-electron chi connectivity index (χ4n) is 1.56. The number of rotatable bonds is 4. The van der Waals surface area contributed by atoms with Crippen molar-refractivity contribution in [2.75, 3.05) is 6.54 Å². The van der Waals surface area contributed by atoms with Crippen molar-refractivity contribution in [3.63, 3.8) is 0 Å². The van der Waals surface area contributed by atoms with E-state index in [-0.39, 0.29) is 0 Å². The summed E-state index contributed by atoms with van der Waals surface area (Å²) in [5.41, 5.74) is 2.38. The molecule has 0 saturated carbocycles. The second-order valence-electron chi connectivity index (χ2n) is 3.67. The van der Waals surface area contributed by atoms with Gasteiger partial charge in [0.05, 0.1) is 12.9 Å². The lowest BCUT2D eigenvalue weighted by Gasteiger charge is -2.04. The minimum absolute atomic E-state index is 0.736. The molecule has 0 unspecified atom stereocenters. The van der Waals surface area contributed by atoms with E-state index in [1.807, 2.05) is 17.7 Å². The smallest absolute Gasteiger partial charge is 0.0991 e. The van der Waals surface area contributed by atoms with Crippen molar-refractivity contribution in [3.8, 4) is 17.5 Å². The Hall–Kier alpha value is -2.05. The molecule has 0 aliphatic rings. The lowest BCUT2D eigenvalue weighted by atomic mass is 10.2. The van der Waals surface area contributed by atoms with Gasteiger partial charge in [-0.25, -0.2) is 4.98 Å². The third-order valence-corrected chi connectivity index (χ3v) is 2.46. The van der Waals surface area contributed by atoms with Crippen LogP contribution in [-0.4, -0.2) is 16.1 Å². The van der Waals surface area contributed by atoms with Crippen LogP contribution in [0.4, 0.5) is 0 Å². The standard InChI is InChI=1S/C14H15N3/c1-2-3-8-15-11-13-4-6-14(7-5-13)17-10-9-16-12-17/h4-7,9-10,12,15H,8,11H2,1H3.